The fourth-order valence-electron chi connectivity index (χ4n) is 5.00. The van der Waals surface area contributed by atoms with E-state index in [1.807, 2.05) is 17.5 Å². The van der Waals surface area contributed by atoms with Gasteiger partial charge in [0.15, 0.2) is 0 Å². The van der Waals surface area contributed by atoms with Crippen LogP contribution in [-0.2, 0) is 11.3 Å². The molecule has 2 fully saturated rings. The van der Waals surface area contributed by atoms with Gasteiger partial charge in [-0.05, 0) is 68.6 Å². The van der Waals surface area contributed by atoms with Gasteiger partial charge in [-0.15, -0.1) is 11.3 Å². The summed E-state index contributed by atoms with van der Waals surface area (Å²) in [5.74, 6) is 3.23. The summed E-state index contributed by atoms with van der Waals surface area (Å²) in [6, 6.07) is 3.98. The molecule has 4 rings (SSSR count). The largest absolute Gasteiger partial charge is 0.356 e. The van der Waals surface area contributed by atoms with Crippen molar-refractivity contribution in [2.75, 3.05) is 39.3 Å². The van der Waals surface area contributed by atoms with Crippen LogP contribution in [0.2, 0.25) is 0 Å². The molecule has 170 valence electrons. The lowest BCUT2D eigenvalue weighted by Gasteiger charge is -2.35. The Bertz CT molecular complexity index is 806. The highest BCUT2D eigenvalue weighted by molar-refractivity contribution is 7.13. The van der Waals surface area contributed by atoms with E-state index in [2.05, 4.69) is 39.1 Å². The van der Waals surface area contributed by atoms with Crippen LogP contribution in [0.3, 0.4) is 0 Å². The van der Waals surface area contributed by atoms with Gasteiger partial charge in [-0.3, -0.25) is 9.69 Å². The van der Waals surface area contributed by atoms with Crippen LogP contribution in [0, 0.1) is 17.8 Å². The molecule has 2 atom stereocenters. The van der Waals surface area contributed by atoms with Gasteiger partial charge >= 0.3 is 0 Å². The molecule has 31 heavy (non-hydrogen) atoms. The number of carbonyl (C=O) groups is 1. The maximum atomic E-state index is 12.6. The highest BCUT2D eigenvalue weighted by atomic mass is 32.1. The minimum Gasteiger partial charge on any atom is -0.356 e. The van der Waals surface area contributed by atoms with Crippen molar-refractivity contribution in [1.29, 1.82) is 0 Å². The highest BCUT2D eigenvalue weighted by Gasteiger charge is 2.26. The second-order valence-corrected chi connectivity index (χ2v) is 10.3. The molecule has 0 aliphatic carbocycles. The summed E-state index contributed by atoms with van der Waals surface area (Å²) in [4.78, 5) is 23.0. The van der Waals surface area contributed by atoms with Crippen LogP contribution in [0.15, 0.2) is 22.0 Å². The van der Waals surface area contributed by atoms with Gasteiger partial charge in [-0.1, -0.05) is 25.1 Å². The normalized spacial score (nSPS) is 23.8. The number of nitrogens with one attached hydrogen (secondary N) is 1. The minimum absolute atomic E-state index is 0.121. The molecule has 1 N–H and O–H groups in total. The van der Waals surface area contributed by atoms with E-state index in [0.29, 0.717) is 18.3 Å². The van der Waals surface area contributed by atoms with Crippen LogP contribution in [-0.4, -0.2) is 65.1 Å². The lowest BCUT2D eigenvalue weighted by atomic mass is 9.92. The summed E-state index contributed by atoms with van der Waals surface area (Å²) in [5, 5.41) is 9.26. The molecule has 1 amide bonds. The van der Waals surface area contributed by atoms with E-state index in [-0.39, 0.29) is 11.8 Å². The van der Waals surface area contributed by atoms with Crippen LogP contribution >= 0.6 is 11.3 Å². The van der Waals surface area contributed by atoms with Crippen LogP contribution in [0.4, 0.5) is 0 Å². The number of nitrogens with zero attached hydrogens (tertiary/aromatic N) is 4. The topological polar surface area (TPSA) is 74.5 Å². The molecule has 0 bridgehead atoms. The van der Waals surface area contributed by atoms with Gasteiger partial charge in [0, 0.05) is 25.6 Å². The third-order valence-electron chi connectivity index (χ3n) is 6.42. The molecule has 2 aliphatic rings. The molecular formula is C23H35N5O2S. The second-order valence-electron chi connectivity index (χ2n) is 9.39. The summed E-state index contributed by atoms with van der Waals surface area (Å²) in [5.41, 5.74) is 0. The summed E-state index contributed by atoms with van der Waals surface area (Å²) < 4.78 is 5.41. The second kappa shape index (κ2) is 10.7. The van der Waals surface area contributed by atoms with Gasteiger partial charge in [0.25, 0.3) is 0 Å². The van der Waals surface area contributed by atoms with Gasteiger partial charge in [-0.25, -0.2) is 0 Å². The number of carbonyl (C=O) groups excluding carboxylic acids is 1. The van der Waals surface area contributed by atoms with E-state index in [9.17, 15) is 4.79 Å². The van der Waals surface area contributed by atoms with E-state index >= 15 is 0 Å². The number of piperidine rings is 2. The maximum Gasteiger partial charge on any atom is 0.241 e. The SMILES string of the molecule is CC1CC(C)CN(CCCNC(=O)C2CCN(Cc3nc(-c4cccs4)no3)CC2)C1. The zero-order chi connectivity index (χ0) is 21.6. The first-order chi connectivity index (χ1) is 15.1. The molecule has 0 radical (unpaired) electrons. The van der Waals surface area contributed by atoms with Gasteiger partial charge in [0.1, 0.15) is 0 Å². The summed E-state index contributed by atoms with van der Waals surface area (Å²) in [6.45, 7) is 11.4. The molecular weight excluding hydrogens is 410 g/mol. The van der Waals surface area contributed by atoms with E-state index < -0.39 is 0 Å². The first-order valence-electron chi connectivity index (χ1n) is 11.7. The van der Waals surface area contributed by atoms with E-state index in [1.165, 1.54) is 19.5 Å². The molecule has 2 saturated heterocycles. The van der Waals surface area contributed by atoms with Gasteiger partial charge in [0.05, 0.1) is 11.4 Å². The van der Waals surface area contributed by atoms with E-state index in [4.69, 9.17) is 4.52 Å². The number of likely N-dealkylation sites (tertiary alicyclic amines) is 2. The summed E-state index contributed by atoms with van der Waals surface area (Å²) in [6.07, 6.45) is 4.15. The van der Waals surface area contributed by atoms with Crippen molar-refractivity contribution in [1.82, 2.24) is 25.3 Å². The Labute approximate surface area is 189 Å². The zero-order valence-corrected chi connectivity index (χ0v) is 19.6. The molecule has 2 aliphatic heterocycles. The standard InChI is InChI=1S/C23H35N5O2S/c1-17-13-18(2)15-28(14-17)9-4-8-24-23(29)19-6-10-27(11-7-19)16-21-25-22(26-30-21)20-5-3-12-31-20/h3,5,12,17-19H,4,6-11,13-16H2,1-2H3,(H,24,29). The number of amides is 1. The number of aromatic nitrogens is 2. The summed E-state index contributed by atoms with van der Waals surface area (Å²) in [7, 11) is 0. The molecule has 2 unspecified atom stereocenters. The molecule has 0 saturated carbocycles. The zero-order valence-electron chi connectivity index (χ0n) is 18.8. The van der Waals surface area contributed by atoms with Crippen LogP contribution < -0.4 is 5.32 Å². The Balaban J connectivity index is 1.12. The first-order valence-corrected chi connectivity index (χ1v) is 12.5. The van der Waals surface area contributed by atoms with Gasteiger partial charge < -0.3 is 14.7 Å². The smallest absolute Gasteiger partial charge is 0.241 e. The van der Waals surface area contributed by atoms with Crippen molar-refractivity contribution in [3.63, 3.8) is 0 Å². The summed E-state index contributed by atoms with van der Waals surface area (Å²) >= 11 is 1.61. The van der Waals surface area contributed by atoms with Crippen molar-refractivity contribution >= 4 is 17.2 Å². The average molecular weight is 446 g/mol. The number of rotatable bonds is 8. The third kappa shape index (κ3) is 6.37. The Morgan fingerprint density at radius 2 is 2.00 bits per heavy atom. The lowest BCUT2D eigenvalue weighted by molar-refractivity contribution is -0.126. The van der Waals surface area contributed by atoms with Crippen molar-refractivity contribution in [3.8, 4) is 10.7 Å². The molecule has 7 nitrogen and oxygen atoms in total. The molecule has 4 heterocycles. The van der Waals surface area contributed by atoms with Crippen LogP contribution in [0.5, 0.6) is 0 Å². The van der Waals surface area contributed by atoms with Crippen molar-refractivity contribution in [2.24, 2.45) is 17.8 Å². The Kier molecular flexibility index (Phi) is 7.74. The Morgan fingerprint density at radius 3 is 2.71 bits per heavy atom. The Hall–Kier alpha value is -1.77. The first kappa shape index (κ1) is 22.4. The monoisotopic (exact) mass is 445 g/mol. The molecule has 2 aromatic rings. The quantitative estimate of drug-likeness (QED) is 0.627. The number of thiophene rings is 1. The molecule has 2 aromatic heterocycles. The number of hydrogen-bond acceptors (Lipinski definition) is 7. The van der Waals surface area contributed by atoms with E-state index in [0.717, 1.165) is 62.2 Å². The minimum atomic E-state index is 0.121. The fraction of sp³-hybridized carbons (Fsp3) is 0.696. The third-order valence-corrected chi connectivity index (χ3v) is 7.29. The van der Waals surface area contributed by atoms with E-state index in [1.54, 1.807) is 11.3 Å². The molecule has 0 aromatic carbocycles. The highest BCUT2D eigenvalue weighted by Crippen LogP contribution is 2.23. The van der Waals surface area contributed by atoms with Crippen molar-refractivity contribution in [3.05, 3.63) is 23.4 Å². The van der Waals surface area contributed by atoms with Crippen LogP contribution in [0.25, 0.3) is 10.7 Å². The van der Waals surface area contributed by atoms with Crippen molar-refractivity contribution < 1.29 is 9.32 Å². The van der Waals surface area contributed by atoms with Crippen molar-refractivity contribution in [2.45, 2.75) is 46.1 Å². The predicted molar refractivity (Wildman–Crippen MR) is 123 cm³/mol. The van der Waals surface area contributed by atoms with Crippen LogP contribution in [0.1, 0.15) is 45.4 Å². The average Bonchev–Trinajstić information content (AvgIpc) is 3.43. The Morgan fingerprint density at radius 1 is 1.23 bits per heavy atom. The number of hydrogen-bond donors (Lipinski definition) is 1. The van der Waals surface area contributed by atoms with Gasteiger partial charge in [-0.2, -0.15) is 4.98 Å². The maximum absolute atomic E-state index is 12.6. The van der Waals surface area contributed by atoms with Gasteiger partial charge in [0.2, 0.25) is 17.6 Å². The fourth-order valence-corrected chi connectivity index (χ4v) is 5.65. The predicted octanol–water partition coefficient (Wildman–Crippen LogP) is 3.49. The molecule has 0 spiro atoms. The lowest BCUT2D eigenvalue weighted by Crippen LogP contribution is -2.42. The molecule has 8 heteroatoms.